The number of hydrogen-bond acceptors (Lipinski definition) is 8. The predicted molar refractivity (Wildman–Crippen MR) is 112 cm³/mol. The number of aliphatic hydroxyl groups excluding tert-OH is 1. The first-order valence-corrected chi connectivity index (χ1v) is 9.98. The third kappa shape index (κ3) is 6.00. The van der Waals surface area contributed by atoms with Gasteiger partial charge in [0.15, 0.2) is 18.0 Å². The zero-order valence-corrected chi connectivity index (χ0v) is 18.9. The second-order valence-corrected chi connectivity index (χ2v) is 9.19. The summed E-state index contributed by atoms with van der Waals surface area (Å²) in [5.74, 6) is -3.13. The van der Waals surface area contributed by atoms with Gasteiger partial charge in [0.05, 0.1) is 5.56 Å². The third-order valence-corrected chi connectivity index (χ3v) is 3.80. The van der Waals surface area contributed by atoms with Gasteiger partial charge in [0, 0.05) is 24.7 Å². The summed E-state index contributed by atoms with van der Waals surface area (Å²) in [6.07, 6.45) is 4.51. The molecule has 0 bridgehead atoms. The Balaban J connectivity index is 2.08. The van der Waals surface area contributed by atoms with Gasteiger partial charge in [-0.2, -0.15) is 10.1 Å². The molecule has 3 heterocycles. The standard InChI is InChI=1S/C21H27F2N5O4/c1-19(2,3)31-17-13(10-25-18(26-17)32-20(4,5)6)14-9-15(30-12-21(22,23)11-29)16-24-7-8-28(16)27-14/h7-10,29H,11-12H2,1-6H3. The van der Waals surface area contributed by atoms with E-state index in [1.165, 1.54) is 23.0 Å². The van der Waals surface area contributed by atoms with E-state index in [0.29, 0.717) is 11.3 Å². The molecule has 0 atom stereocenters. The smallest absolute Gasteiger partial charge is 0.320 e. The van der Waals surface area contributed by atoms with Crippen LogP contribution in [0.4, 0.5) is 8.78 Å². The highest BCUT2D eigenvalue weighted by molar-refractivity contribution is 5.68. The lowest BCUT2D eigenvalue weighted by molar-refractivity contribution is -0.0799. The van der Waals surface area contributed by atoms with E-state index in [0.717, 1.165) is 0 Å². The van der Waals surface area contributed by atoms with Crippen molar-refractivity contribution < 1.29 is 28.1 Å². The molecule has 0 aromatic carbocycles. The number of hydrogen-bond donors (Lipinski definition) is 1. The minimum atomic E-state index is -3.40. The molecule has 0 unspecified atom stereocenters. The number of rotatable bonds is 7. The van der Waals surface area contributed by atoms with Crippen LogP contribution in [0.3, 0.4) is 0 Å². The Morgan fingerprint density at radius 3 is 2.34 bits per heavy atom. The molecule has 174 valence electrons. The topological polar surface area (TPSA) is 104 Å². The van der Waals surface area contributed by atoms with Gasteiger partial charge in [0.25, 0.3) is 0 Å². The zero-order chi connectivity index (χ0) is 23.7. The van der Waals surface area contributed by atoms with Crippen molar-refractivity contribution in [3.8, 4) is 28.9 Å². The van der Waals surface area contributed by atoms with Crippen LogP contribution >= 0.6 is 0 Å². The maximum absolute atomic E-state index is 13.5. The first kappa shape index (κ1) is 23.6. The molecule has 0 spiro atoms. The largest absolute Gasteiger partial charge is 0.483 e. The van der Waals surface area contributed by atoms with E-state index in [9.17, 15) is 8.78 Å². The van der Waals surface area contributed by atoms with Crippen LogP contribution < -0.4 is 14.2 Å². The van der Waals surface area contributed by atoms with Gasteiger partial charge in [-0.1, -0.05) is 0 Å². The SMILES string of the molecule is CC(C)(C)Oc1ncc(-c2cc(OCC(F)(F)CO)c3nccn3n2)c(OC(C)(C)C)n1. The predicted octanol–water partition coefficient (Wildman–Crippen LogP) is 3.55. The van der Waals surface area contributed by atoms with Crippen molar-refractivity contribution in [2.45, 2.75) is 58.7 Å². The lowest BCUT2D eigenvalue weighted by Crippen LogP contribution is -2.29. The highest BCUT2D eigenvalue weighted by Crippen LogP contribution is 2.34. The molecule has 11 heteroatoms. The summed E-state index contributed by atoms with van der Waals surface area (Å²) in [6, 6.07) is 1.58. The second kappa shape index (κ2) is 8.45. The summed E-state index contributed by atoms with van der Waals surface area (Å²) in [4.78, 5) is 12.8. The van der Waals surface area contributed by atoms with Gasteiger partial charge in [0.1, 0.15) is 23.5 Å². The van der Waals surface area contributed by atoms with E-state index in [2.05, 4.69) is 20.1 Å². The average Bonchev–Trinajstić information content (AvgIpc) is 3.12. The molecule has 1 N–H and O–H groups in total. The van der Waals surface area contributed by atoms with Crippen molar-refractivity contribution in [1.29, 1.82) is 0 Å². The van der Waals surface area contributed by atoms with Crippen molar-refractivity contribution in [2.75, 3.05) is 13.2 Å². The van der Waals surface area contributed by atoms with Gasteiger partial charge in [-0.15, -0.1) is 0 Å². The van der Waals surface area contributed by atoms with E-state index < -0.39 is 30.3 Å². The summed E-state index contributed by atoms with van der Waals surface area (Å²) in [5.41, 5.74) is -0.138. The van der Waals surface area contributed by atoms with E-state index in [1.807, 2.05) is 41.5 Å². The fraction of sp³-hybridized carbons (Fsp3) is 0.524. The summed E-state index contributed by atoms with van der Waals surface area (Å²) in [7, 11) is 0. The molecule has 0 amide bonds. The third-order valence-electron chi connectivity index (χ3n) is 3.80. The lowest BCUT2D eigenvalue weighted by Gasteiger charge is -2.24. The molecule has 3 aromatic heterocycles. The van der Waals surface area contributed by atoms with Crippen LogP contribution in [0, 0.1) is 0 Å². The van der Waals surface area contributed by atoms with Crippen LogP contribution in [0.1, 0.15) is 41.5 Å². The summed E-state index contributed by atoms with van der Waals surface area (Å²) in [5, 5.41) is 13.3. The molecule has 3 aromatic rings. The van der Waals surface area contributed by atoms with Gasteiger partial charge >= 0.3 is 11.9 Å². The Hall–Kier alpha value is -3.08. The quantitative estimate of drug-likeness (QED) is 0.582. The molecule has 3 rings (SSSR count). The van der Waals surface area contributed by atoms with Gasteiger partial charge in [-0.25, -0.2) is 23.3 Å². The normalized spacial score (nSPS) is 12.8. The Labute approximate surface area is 184 Å². The van der Waals surface area contributed by atoms with Gasteiger partial charge in [0.2, 0.25) is 5.88 Å². The summed E-state index contributed by atoms with van der Waals surface area (Å²) < 4.78 is 45.5. The van der Waals surface area contributed by atoms with Crippen molar-refractivity contribution in [1.82, 2.24) is 24.6 Å². The lowest BCUT2D eigenvalue weighted by atomic mass is 10.1. The Morgan fingerprint density at radius 2 is 1.72 bits per heavy atom. The maximum Gasteiger partial charge on any atom is 0.320 e. The van der Waals surface area contributed by atoms with Crippen LogP contribution in [0.25, 0.3) is 16.9 Å². The molecule has 0 aliphatic heterocycles. The van der Waals surface area contributed by atoms with Crippen LogP contribution in [0.5, 0.6) is 17.6 Å². The Bertz CT molecular complexity index is 1090. The Kier molecular flexibility index (Phi) is 6.23. The first-order valence-electron chi connectivity index (χ1n) is 9.98. The molecule has 9 nitrogen and oxygen atoms in total. The number of nitrogens with zero attached hydrogens (tertiary/aromatic N) is 5. The molecule has 0 saturated carbocycles. The number of aromatic nitrogens is 5. The number of aliphatic hydroxyl groups is 1. The fourth-order valence-electron chi connectivity index (χ4n) is 2.57. The molecular weight excluding hydrogens is 424 g/mol. The monoisotopic (exact) mass is 451 g/mol. The number of halogens is 2. The van der Waals surface area contributed by atoms with E-state index in [-0.39, 0.29) is 23.3 Å². The zero-order valence-electron chi connectivity index (χ0n) is 18.9. The highest BCUT2D eigenvalue weighted by atomic mass is 19.3. The molecule has 0 saturated heterocycles. The molecule has 0 fully saturated rings. The molecular formula is C21H27F2N5O4. The highest BCUT2D eigenvalue weighted by Gasteiger charge is 2.30. The van der Waals surface area contributed by atoms with Gasteiger partial charge in [-0.3, -0.25) is 0 Å². The number of alkyl halides is 2. The molecule has 32 heavy (non-hydrogen) atoms. The van der Waals surface area contributed by atoms with E-state index in [4.69, 9.17) is 19.3 Å². The minimum Gasteiger partial charge on any atom is -0.483 e. The summed E-state index contributed by atoms with van der Waals surface area (Å²) in [6.45, 7) is 8.85. The van der Waals surface area contributed by atoms with E-state index >= 15 is 0 Å². The van der Waals surface area contributed by atoms with Crippen LogP contribution in [-0.4, -0.2) is 60.0 Å². The number of ether oxygens (including phenoxy) is 3. The Morgan fingerprint density at radius 1 is 1.03 bits per heavy atom. The number of imidazole rings is 1. The molecule has 0 radical (unpaired) electrons. The van der Waals surface area contributed by atoms with Crippen molar-refractivity contribution >= 4 is 5.65 Å². The van der Waals surface area contributed by atoms with Gasteiger partial charge < -0.3 is 19.3 Å². The fourth-order valence-corrected chi connectivity index (χ4v) is 2.57. The first-order chi connectivity index (χ1) is 14.8. The minimum absolute atomic E-state index is 0.0600. The van der Waals surface area contributed by atoms with E-state index in [1.54, 1.807) is 6.20 Å². The van der Waals surface area contributed by atoms with Crippen LogP contribution in [-0.2, 0) is 0 Å². The van der Waals surface area contributed by atoms with Crippen molar-refractivity contribution in [2.24, 2.45) is 0 Å². The molecule has 0 aliphatic rings. The summed E-state index contributed by atoms with van der Waals surface area (Å²) >= 11 is 0. The van der Waals surface area contributed by atoms with Crippen molar-refractivity contribution in [3.63, 3.8) is 0 Å². The maximum atomic E-state index is 13.5. The average molecular weight is 451 g/mol. The van der Waals surface area contributed by atoms with Crippen LogP contribution in [0.2, 0.25) is 0 Å². The van der Waals surface area contributed by atoms with Gasteiger partial charge in [-0.05, 0) is 41.5 Å². The van der Waals surface area contributed by atoms with Crippen LogP contribution in [0.15, 0.2) is 24.7 Å². The van der Waals surface area contributed by atoms with Crippen molar-refractivity contribution in [3.05, 3.63) is 24.7 Å². The number of fused-ring (bicyclic) bond motifs is 1. The second-order valence-electron chi connectivity index (χ2n) is 9.19. The molecule has 0 aliphatic carbocycles.